The van der Waals surface area contributed by atoms with Crippen LogP contribution in [0.2, 0.25) is 0 Å². The second kappa shape index (κ2) is 7.45. The van der Waals surface area contributed by atoms with E-state index in [1.807, 2.05) is 28.9 Å². The smallest absolute Gasteiger partial charge is 0.406 e. The Balaban J connectivity index is 1.84. The SMILES string of the molecule is CN(C)CCN(C)c1ccc(-c2cn3cccc(OC(N)=O)c3n2)cc1. The number of hydrogen-bond donors (Lipinski definition) is 1. The van der Waals surface area contributed by atoms with E-state index in [2.05, 4.69) is 48.1 Å². The number of fused-ring (bicyclic) bond motifs is 1. The Bertz CT molecular complexity index is 902. The second-order valence-electron chi connectivity index (χ2n) is 6.42. The molecule has 2 aromatic heterocycles. The first-order chi connectivity index (χ1) is 12.4. The standard InChI is InChI=1S/C19H23N5O2/c1-22(2)11-12-23(3)15-8-6-14(7-9-15)16-13-24-10-4-5-17(18(24)21-16)26-19(20)25/h4-10,13H,11-12H2,1-3H3,(H2,20,25). The summed E-state index contributed by atoms with van der Waals surface area (Å²) >= 11 is 0. The van der Waals surface area contributed by atoms with Gasteiger partial charge in [0.2, 0.25) is 0 Å². The molecule has 3 aromatic rings. The predicted molar refractivity (Wildman–Crippen MR) is 103 cm³/mol. The van der Waals surface area contributed by atoms with E-state index in [4.69, 9.17) is 10.5 Å². The van der Waals surface area contributed by atoms with E-state index in [-0.39, 0.29) is 0 Å². The molecular weight excluding hydrogens is 330 g/mol. The van der Waals surface area contributed by atoms with Crippen molar-refractivity contribution < 1.29 is 9.53 Å². The topological polar surface area (TPSA) is 76.1 Å². The third kappa shape index (κ3) is 3.94. The third-order valence-electron chi connectivity index (χ3n) is 4.14. The number of anilines is 1. The Kier molecular flexibility index (Phi) is 5.09. The summed E-state index contributed by atoms with van der Waals surface area (Å²) in [6, 6.07) is 11.7. The fourth-order valence-corrected chi connectivity index (χ4v) is 2.68. The Morgan fingerprint density at radius 3 is 2.54 bits per heavy atom. The Morgan fingerprint density at radius 2 is 1.88 bits per heavy atom. The lowest BCUT2D eigenvalue weighted by Gasteiger charge is -2.21. The number of carbonyl (C=O) groups is 1. The van der Waals surface area contributed by atoms with Gasteiger partial charge < -0.3 is 24.7 Å². The first kappa shape index (κ1) is 17.8. The lowest BCUT2D eigenvalue weighted by molar-refractivity contribution is 0.211. The predicted octanol–water partition coefficient (Wildman–Crippen LogP) is 2.46. The first-order valence-corrected chi connectivity index (χ1v) is 8.35. The average molecular weight is 353 g/mol. The molecule has 3 rings (SSSR count). The quantitative estimate of drug-likeness (QED) is 0.737. The van der Waals surface area contributed by atoms with Crippen LogP contribution in [0.25, 0.3) is 16.9 Å². The number of ether oxygens (including phenoxy) is 1. The molecule has 2 heterocycles. The molecule has 0 spiro atoms. The lowest BCUT2D eigenvalue weighted by Crippen LogP contribution is -2.28. The van der Waals surface area contributed by atoms with E-state index in [0.29, 0.717) is 11.4 Å². The van der Waals surface area contributed by atoms with Crippen LogP contribution >= 0.6 is 0 Å². The fraction of sp³-hybridized carbons (Fsp3) is 0.263. The van der Waals surface area contributed by atoms with Crippen molar-refractivity contribution in [1.82, 2.24) is 14.3 Å². The molecule has 7 heteroatoms. The highest BCUT2D eigenvalue weighted by molar-refractivity contribution is 5.73. The number of nitrogens with two attached hydrogens (primary N) is 1. The summed E-state index contributed by atoms with van der Waals surface area (Å²) in [5.41, 5.74) is 8.60. The van der Waals surface area contributed by atoms with Crippen LogP contribution in [0.3, 0.4) is 0 Å². The van der Waals surface area contributed by atoms with Crippen molar-refractivity contribution in [3.63, 3.8) is 0 Å². The van der Waals surface area contributed by atoms with Crippen LogP contribution in [-0.2, 0) is 0 Å². The minimum absolute atomic E-state index is 0.339. The van der Waals surface area contributed by atoms with E-state index < -0.39 is 6.09 Å². The van der Waals surface area contributed by atoms with Crippen molar-refractivity contribution in [1.29, 1.82) is 0 Å². The number of likely N-dealkylation sites (N-methyl/N-ethyl adjacent to an activating group) is 2. The number of primary amides is 1. The monoisotopic (exact) mass is 353 g/mol. The average Bonchev–Trinajstić information content (AvgIpc) is 3.04. The molecule has 0 saturated heterocycles. The van der Waals surface area contributed by atoms with Gasteiger partial charge in [-0.2, -0.15) is 0 Å². The number of benzene rings is 1. The van der Waals surface area contributed by atoms with Crippen molar-refractivity contribution in [2.24, 2.45) is 5.73 Å². The summed E-state index contributed by atoms with van der Waals surface area (Å²) in [5, 5.41) is 0. The highest BCUT2D eigenvalue weighted by atomic mass is 16.5. The third-order valence-corrected chi connectivity index (χ3v) is 4.14. The maximum atomic E-state index is 11.0. The van der Waals surface area contributed by atoms with Gasteiger partial charge in [0.25, 0.3) is 0 Å². The molecule has 0 saturated carbocycles. The summed E-state index contributed by atoms with van der Waals surface area (Å²) in [6.45, 7) is 1.95. The normalized spacial score (nSPS) is 11.1. The summed E-state index contributed by atoms with van der Waals surface area (Å²) in [7, 11) is 6.21. The molecule has 1 aromatic carbocycles. The van der Waals surface area contributed by atoms with E-state index >= 15 is 0 Å². The largest absolute Gasteiger partial charge is 0.410 e. The number of rotatable bonds is 6. The number of aromatic nitrogens is 2. The molecule has 0 radical (unpaired) electrons. The van der Waals surface area contributed by atoms with E-state index in [1.165, 1.54) is 0 Å². The Morgan fingerprint density at radius 1 is 1.15 bits per heavy atom. The Hall–Kier alpha value is -3.06. The highest BCUT2D eigenvalue weighted by Crippen LogP contribution is 2.26. The molecule has 26 heavy (non-hydrogen) atoms. The zero-order chi connectivity index (χ0) is 18.7. The maximum Gasteiger partial charge on any atom is 0.410 e. The summed E-state index contributed by atoms with van der Waals surface area (Å²) in [4.78, 5) is 20.0. The molecule has 1 amide bonds. The summed E-state index contributed by atoms with van der Waals surface area (Å²) < 4.78 is 6.83. The minimum atomic E-state index is -0.854. The van der Waals surface area contributed by atoms with Gasteiger partial charge in [0.15, 0.2) is 11.4 Å². The molecule has 0 atom stereocenters. The van der Waals surface area contributed by atoms with Crippen molar-refractivity contribution >= 4 is 17.4 Å². The molecule has 0 bridgehead atoms. The number of hydrogen-bond acceptors (Lipinski definition) is 5. The minimum Gasteiger partial charge on any atom is -0.406 e. The molecule has 7 nitrogen and oxygen atoms in total. The molecule has 0 aliphatic rings. The molecule has 0 aliphatic heterocycles. The number of amides is 1. The zero-order valence-electron chi connectivity index (χ0n) is 15.2. The van der Waals surface area contributed by atoms with Crippen molar-refractivity contribution in [2.45, 2.75) is 0 Å². The van der Waals surface area contributed by atoms with Crippen LogP contribution < -0.4 is 15.4 Å². The molecule has 2 N–H and O–H groups in total. The van der Waals surface area contributed by atoms with Crippen LogP contribution in [0.15, 0.2) is 48.8 Å². The number of imidazole rings is 1. The lowest BCUT2D eigenvalue weighted by atomic mass is 10.1. The first-order valence-electron chi connectivity index (χ1n) is 8.35. The van der Waals surface area contributed by atoms with E-state index in [1.54, 1.807) is 12.1 Å². The van der Waals surface area contributed by atoms with Gasteiger partial charge in [0.1, 0.15) is 0 Å². The van der Waals surface area contributed by atoms with E-state index in [9.17, 15) is 4.79 Å². The van der Waals surface area contributed by atoms with Gasteiger partial charge in [-0.15, -0.1) is 0 Å². The van der Waals surface area contributed by atoms with Crippen molar-refractivity contribution in [2.75, 3.05) is 39.1 Å². The summed E-state index contributed by atoms with van der Waals surface area (Å²) in [6.07, 6.45) is 2.89. The molecule has 0 unspecified atom stereocenters. The van der Waals surface area contributed by atoms with Gasteiger partial charge in [-0.25, -0.2) is 9.78 Å². The molecule has 0 fully saturated rings. The van der Waals surface area contributed by atoms with Gasteiger partial charge in [-0.05, 0) is 38.4 Å². The molecular formula is C19H23N5O2. The zero-order valence-corrected chi connectivity index (χ0v) is 15.2. The van der Waals surface area contributed by atoms with Gasteiger partial charge in [0.05, 0.1) is 5.69 Å². The number of pyridine rings is 1. The van der Waals surface area contributed by atoms with Gasteiger partial charge >= 0.3 is 6.09 Å². The van der Waals surface area contributed by atoms with Crippen molar-refractivity contribution in [3.8, 4) is 17.0 Å². The maximum absolute atomic E-state index is 11.0. The second-order valence-corrected chi connectivity index (χ2v) is 6.42. The summed E-state index contributed by atoms with van der Waals surface area (Å²) in [5.74, 6) is 0.339. The van der Waals surface area contributed by atoms with Gasteiger partial charge in [-0.3, -0.25) is 0 Å². The molecule has 136 valence electrons. The van der Waals surface area contributed by atoms with E-state index in [0.717, 1.165) is 30.0 Å². The van der Waals surface area contributed by atoms with Crippen LogP contribution in [0.1, 0.15) is 0 Å². The number of carbonyl (C=O) groups excluding carboxylic acids is 1. The molecule has 0 aliphatic carbocycles. The van der Waals surface area contributed by atoms with Gasteiger partial charge in [-0.1, -0.05) is 12.1 Å². The highest BCUT2D eigenvalue weighted by Gasteiger charge is 2.11. The van der Waals surface area contributed by atoms with Crippen LogP contribution in [-0.4, -0.2) is 54.6 Å². The number of nitrogens with zero attached hydrogens (tertiary/aromatic N) is 4. The Labute approximate surface area is 152 Å². The van der Waals surface area contributed by atoms with Gasteiger partial charge in [0, 0.05) is 43.8 Å². The fourth-order valence-electron chi connectivity index (χ4n) is 2.68. The van der Waals surface area contributed by atoms with Crippen LogP contribution in [0, 0.1) is 0 Å². The van der Waals surface area contributed by atoms with Crippen LogP contribution in [0.5, 0.6) is 5.75 Å². The van der Waals surface area contributed by atoms with Crippen LogP contribution in [0.4, 0.5) is 10.5 Å². The van der Waals surface area contributed by atoms with Crippen molar-refractivity contribution in [3.05, 3.63) is 48.8 Å².